The summed E-state index contributed by atoms with van der Waals surface area (Å²) in [6.45, 7) is 0. The number of aryl methyl sites for hydroxylation is 2. The van der Waals surface area contributed by atoms with Gasteiger partial charge < -0.3 is 9.15 Å². The van der Waals surface area contributed by atoms with Crippen LogP contribution in [0.2, 0.25) is 0 Å². The van der Waals surface area contributed by atoms with E-state index in [0.29, 0.717) is 17.5 Å². The van der Waals surface area contributed by atoms with Crippen molar-refractivity contribution < 1.29 is 13.9 Å². The molecule has 1 aliphatic rings. The van der Waals surface area contributed by atoms with Crippen molar-refractivity contribution in [2.75, 3.05) is 17.8 Å². The van der Waals surface area contributed by atoms with Gasteiger partial charge in [0.25, 0.3) is 5.22 Å². The molecule has 1 amide bonds. The van der Waals surface area contributed by atoms with Crippen molar-refractivity contribution in [3.05, 3.63) is 95.4 Å². The first kappa shape index (κ1) is 21.3. The second kappa shape index (κ2) is 9.50. The molecule has 0 aliphatic carbocycles. The lowest BCUT2D eigenvalue weighted by molar-refractivity contribution is -0.115. The molecule has 33 heavy (non-hydrogen) atoms. The second-order valence-electron chi connectivity index (χ2n) is 7.76. The summed E-state index contributed by atoms with van der Waals surface area (Å²) in [4.78, 5) is 15.2. The molecule has 0 bridgehead atoms. The van der Waals surface area contributed by atoms with E-state index in [1.54, 1.807) is 7.11 Å². The summed E-state index contributed by atoms with van der Waals surface area (Å²) >= 11 is 1.26. The standard InChI is InChI=1S/C26H23N3O3S/c1-31-21-14-10-18(11-15-21)16-24-27-28-26(32-24)33-17-25(30)29-22-8-4-2-6-19(22)12-13-20-7-3-5-9-23(20)29/h2-11,14-15H,12-13,16-17H2,1H3. The van der Waals surface area contributed by atoms with Crippen LogP contribution in [0.25, 0.3) is 0 Å². The lowest BCUT2D eigenvalue weighted by Gasteiger charge is -2.24. The van der Waals surface area contributed by atoms with Crippen molar-refractivity contribution in [3.63, 3.8) is 0 Å². The molecule has 5 rings (SSSR count). The number of thioether (sulfide) groups is 1. The number of para-hydroxylation sites is 2. The Bertz CT molecular complexity index is 1220. The SMILES string of the molecule is COc1ccc(Cc2nnc(SCC(=O)N3c4ccccc4CCc4ccccc43)o2)cc1. The Labute approximate surface area is 196 Å². The third-order valence-corrected chi connectivity index (χ3v) is 6.46. The van der Waals surface area contributed by atoms with E-state index in [-0.39, 0.29) is 11.7 Å². The molecule has 0 saturated heterocycles. The molecule has 7 heteroatoms. The zero-order valence-corrected chi connectivity index (χ0v) is 19.0. The van der Waals surface area contributed by atoms with Gasteiger partial charge in [-0.2, -0.15) is 0 Å². The van der Waals surface area contributed by atoms with E-state index >= 15 is 0 Å². The van der Waals surface area contributed by atoms with E-state index in [2.05, 4.69) is 22.3 Å². The van der Waals surface area contributed by atoms with E-state index < -0.39 is 0 Å². The van der Waals surface area contributed by atoms with E-state index in [0.717, 1.165) is 35.5 Å². The molecule has 6 nitrogen and oxygen atoms in total. The fourth-order valence-electron chi connectivity index (χ4n) is 4.02. The van der Waals surface area contributed by atoms with Crippen LogP contribution in [-0.4, -0.2) is 29.0 Å². The monoisotopic (exact) mass is 457 g/mol. The molecule has 1 aromatic heterocycles. The van der Waals surface area contributed by atoms with Gasteiger partial charge in [0.05, 0.1) is 30.7 Å². The molecule has 1 aliphatic heterocycles. The van der Waals surface area contributed by atoms with Crippen LogP contribution in [0.3, 0.4) is 0 Å². The van der Waals surface area contributed by atoms with Crippen molar-refractivity contribution in [2.45, 2.75) is 24.5 Å². The Hall–Kier alpha value is -3.58. The molecule has 0 atom stereocenters. The number of hydrogen-bond donors (Lipinski definition) is 0. The van der Waals surface area contributed by atoms with Crippen LogP contribution in [0.4, 0.5) is 11.4 Å². The minimum absolute atomic E-state index is 0.0169. The quantitative estimate of drug-likeness (QED) is 0.370. The van der Waals surface area contributed by atoms with Crippen LogP contribution < -0.4 is 9.64 Å². The fourth-order valence-corrected chi connectivity index (χ4v) is 4.65. The minimum Gasteiger partial charge on any atom is -0.497 e. The summed E-state index contributed by atoms with van der Waals surface area (Å²) < 4.78 is 11.0. The summed E-state index contributed by atoms with van der Waals surface area (Å²) in [5, 5.41) is 8.65. The molecule has 166 valence electrons. The molecule has 0 radical (unpaired) electrons. The lowest BCUT2D eigenvalue weighted by Crippen LogP contribution is -2.28. The number of carbonyl (C=O) groups is 1. The van der Waals surface area contributed by atoms with Gasteiger partial charge >= 0.3 is 0 Å². The minimum atomic E-state index is -0.0169. The average Bonchev–Trinajstić information content (AvgIpc) is 3.23. The van der Waals surface area contributed by atoms with Gasteiger partial charge in [-0.15, -0.1) is 10.2 Å². The van der Waals surface area contributed by atoms with Crippen LogP contribution in [0.5, 0.6) is 5.75 Å². The lowest BCUT2D eigenvalue weighted by atomic mass is 10.0. The number of benzene rings is 3. The molecule has 0 spiro atoms. The Morgan fingerprint density at radius 2 is 1.58 bits per heavy atom. The summed E-state index contributed by atoms with van der Waals surface area (Å²) in [6.07, 6.45) is 2.34. The predicted octanol–water partition coefficient (Wildman–Crippen LogP) is 5.22. The fraction of sp³-hybridized carbons (Fsp3) is 0.192. The first-order valence-electron chi connectivity index (χ1n) is 10.8. The summed E-state index contributed by atoms with van der Waals surface area (Å²) in [6, 6.07) is 23.9. The van der Waals surface area contributed by atoms with E-state index in [1.165, 1.54) is 22.9 Å². The molecule has 2 heterocycles. The van der Waals surface area contributed by atoms with Gasteiger partial charge in [0.15, 0.2) is 0 Å². The van der Waals surface area contributed by atoms with Crippen LogP contribution >= 0.6 is 11.8 Å². The highest BCUT2D eigenvalue weighted by atomic mass is 32.2. The number of carbonyl (C=O) groups excluding carboxylic acids is 1. The average molecular weight is 458 g/mol. The number of nitrogens with zero attached hydrogens (tertiary/aromatic N) is 3. The molecule has 0 fully saturated rings. The molecule has 0 saturated carbocycles. The molecule has 4 aromatic rings. The van der Waals surface area contributed by atoms with Gasteiger partial charge in [0, 0.05) is 0 Å². The smallest absolute Gasteiger partial charge is 0.277 e. The van der Waals surface area contributed by atoms with Crippen LogP contribution in [0.1, 0.15) is 22.6 Å². The number of hydrogen-bond acceptors (Lipinski definition) is 6. The van der Waals surface area contributed by atoms with Gasteiger partial charge in [-0.3, -0.25) is 9.69 Å². The molecule has 0 N–H and O–H groups in total. The van der Waals surface area contributed by atoms with E-state index in [9.17, 15) is 4.79 Å². The first-order chi connectivity index (χ1) is 16.2. The number of amides is 1. The van der Waals surface area contributed by atoms with Crippen LogP contribution in [-0.2, 0) is 24.1 Å². The van der Waals surface area contributed by atoms with Crippen LogP contribution in [0, 0.1) is 0 Å². The third kappa shape index (κ3) is 4.64. The normalized spacial score (nSPS) is 12.6. The Morgan fingerprint density at radius 3 is 2.21 bits per heavy atom. The highest BCUT2D eigenvalue weighted by Gasteiger charge is 2.26. The van der Waals surface area contributed by atoms with Gasteiger partial charge in [0.1, 0.15) is 5.75 Å². The van der Waals surface area contributed by atoms with E-state index in [1.807, 2.05) is 65.6 Å². The zero-order valence-electron chi connectivity index (χ0n) is 18.2. The van der Waals surface area contributed by atoms with Crippen molar-refractivity contribution in [3.8, 4) is 5.75 Å². The largest absolute Gasteiger partial charge is 0.497 e. The number of anilines is 2. The molecule has 3 aromatic carbocycles. The van der Waals surface area contributed by atoms with Gasteiger partial charge in [-0.25, -0.2) is 0 Å². The molecular weight excluding hydrogens is 434 g/mol. The van der Waals surface area contributed by atoms with Gasteiger partial charge in [0.2, 0.25) is 11.8 Å². The Balaban J connectivity index is 1.31. The number of aromatic nitrogens is 2. The topological polar surface area (TPSA) is 68.5 Å². The van der Waals surface area contributed by atoms with Crippen molar-refractivity contribution in [2.24, 2.45) is 0 Å². The maximum absolute atomic E-state index is 13.4. The number of ether oxygens (including phenoxy) is 1. The van der Waals surface area contributed by atoms with E-state index in [4.69, 9.17) is 9.15 Å². The third-order valence-electron chi connectivity index (χ3n) is 5.66. The Kier molecular flexibility index (Phi) is 6.13. The summed E-state index contributed by atoms with van der Waals surface area (Å²) in [5.74, 6) is 1.50. The number of rotatable bonds is 6. The number of methoxy groups -OCH3 is 1. The first-order valence-corrected chi connectivity index (χ1v) is 11.8. The highest BCUT2D eigenvalue weighted by Crippen LogP contribution is 2.36. The van der Waals surface area contributed by atoms with Crippen molar-refractivity contribution in [1.82, 2.24) is 10.2 Å². The summed E-state index contributed by atoms with van der Waals surface area (Å²) in [5.41, 5.74) is 5.28. The maximum Gasteiger partial charge on any atom is 0.277 e. The van der Waals surface area contributed by atoms with Crippen LogP contribution in [0.15, 0.2) is 82.4 Å². The van der Waals surface area contributed by atoms with Gasteiger partial charge in [-0.1, -0.05) is 60.3 Å². The number of fused-ring (bicyclic) bond motifs is 2. The summed E-state index contributed by atoms with van der Waals surface area (Å²) in [7, 11) is 1.64. The maximum atomic E-state index is 13.4. The molecular formula is C26H23N3O3S. The van der Waals surface area contributed by atoms with Gasteiger partial charge in [-0.05, 0) is 53.8 Å². The molecule has 0 unspecified atom stereocenters. The Morgan fingerprint density at radius 1 is 0.939 bits per heavy atom. The second-order valence-corrected chi connectivity index (χ2v) is 8.69. The predicted molar refractivity (Wildman–Crippen MR) is 128 cm³/mol. The highest BCUT2D eigenvalue weighted by molar-refractivity contribution is 7.99. The van der Waals surface area contributed by atoms with Crippen molar-refractivity contribution >= 4 is 29.0 Å². The van der Waals surface area contributed by atoms with Crippen molar-refractivity contribution in [1.29, 1.82) is 0 Å². The zero-order chi connectivity index (χ0) is 22.6.